The van der Waals surface area contributed by atoms with Gasteiger partial charge in [-0.2, -0.15) is 0 Å². The Morgan fingerprint density at radius 3 is 1.89 bits per heavy atom. The average molecular weight is 386 g/mol. The minimum absolute atomic E-state index is 0.757. The molecule has 4 heteroatoms. The molecule has 1 aliphatic carbocycles. The highest BCUT2D eigenvalue weighted by Crippen LogP contribution is 2.29. The zero-order valence-electron chi connectivity index (χ0n) is 18.7. The molecule has 0 spiro atoms. The van der Waals surface area contributed by atoms with Crippen LogP contribution in [0.15, 0.2) is 36.7 Å². The third kappa shape index (κ3) is 9.20. The monoisotopic (exact) mass is 385 g/mol. The lowest BCUT2D eigenvalue weighted by atomic mass is 10.3. The van der Waals surface area contributed by atoms with Crippen molar-refractivity contribution in [2.75, 3.05) is 24.6 Å². The molecule has 3 heterocycles. The predicted octanol–water partition coefficient (Wildman–Crippen LogP) is 6.22. The van der Waals surface area contributed by atoms with Gasteiger partial charge in [-0.05, 0) is 62.6 Å². The van der Waals surface area contributed by atoms with E-state index in [-0.39, 0.29) is 0 Å². The van der Waals surface area contributed by atoms with Gasteiger partial charge in [-0.25, -0.2) is 9.97 Å². The van der Waals surface area contributed by atoms with Crippen molar-refractivity contribution in [1.29, 1.82) is 0 Å². The third-order valence-corrected chi connectivity index (χ3v) is 4.37. The highest BCUT2D eigenvalue weighted by Gasteiger charge is 2.21. The van der Waals surface area contributed by atoms with Gasteiger partial charge in [0.05, 0.1) is 6.61 Å². The molecular formula is C24H39N3O. The Bertz CT molecular complexity index is 615. The molecule has 1 aliphatic heterocycles. The quantitative estimate of drug-likeness (QED) is 0.626. The van der Waals surface area contributed by atoms with Crippen molar-refractivity contribution in [2.45, 2.75) is 67.2 Å². The van der Waals surface area contributed by atoms with E-state index >= 15 is 0 Å². The van der Waals surface area contributed by atoms with Gasteiger partial charge in [0.1, 0.15) is 5.82 Å². The normalized spacial score (nSPS) is 14.6. The average Bonchev–Trinajstić information content (AvgIpc) is 3.43. The summed E-state index contributed by atoms with van der Waals surface area (Å²) in [6.07, 6.45) is 9.05. The van der Waals surface area contributed by atoms with E-state index in [1.807, 2.05) is 59.1 Å². The van der Waals surface area contributed by atoms with Gasteiger partial charge in [0.15, 0.2) is 0 Å². The van der Waals surface area contributed by atoms with Crippen LogP contribution in [0.4, 0.5) is 5.82 Å². The van der Waals surface area contributed by atoms with E-state index in [9.17, 15) is 0 Å². The molecule has 0 unspecified atom stereocenters. The van der Waals surface area contributed by atoms with Gasteiger partial charge in [-0.15, -0.1) is 0 Å². The Morgan fingerprint density at radius 2 is 1.43 bits per heavy atom. The van der Waals surface area contributed by atoms with Crippen LogP contribution >= 0.6 is 0 Å². The van der Waals surface area contributed by atoms with Crippen molar-refractivity contribution in [3.8, 4) is 5.88 Å². The molecule has 2 aromatic heterocycles. The maximum absolute atomic E-state index is 5.47. The van der Waals surface area contributed by atoms with E-state index in [0.29, 0.717) is 0 Å². The number of aromatic nitrogens is 2. The molecule has 1 saturated carbocycles. The predicted molar refractivity (Wildman–Crippen MR) is 120 cm³/mol. The van der Waals surface area contributed by atoms with Gasteiger partial charge in [-0.1, -0.05) is 39.8 Å². The number of hydrogen-bond donors (Lipinski definition) is 0. The molecule has 28 heavy (non-hydrogen) atoms. The van der Waals surface area contributed by atoms with E-state index in [4.69, 9.17) is 4.74 Å². The Hall–Kier alpha value is -2.10. The van der Waals surface area contributed by atoms with Crippen LogP contribution in [0.5, 0.6) is 5.88 Å². The standard InChI is InChI=1S/C10H14N2.C10H13NO.2C2H6/c1-9-4-5-10(11-8-9)12-6-2-3-7-12;1-8-2-5-10(11-6-8)12-7-9-3-4-9;2*1-2/h4-5,8H,2-3,6-7H2,1H3;2,5-6,9H,3-4,7H2,1H3;2*1-2H3. The zero-order chi connectivity index (χ0) is 20.8. The zero-order valence-corrected chi connectivity index (χ0v) is 18.7. The van der Waals surface area contributed by atoms with Crippen LogP contribution in [0, 0.1) is 19.8 Å². The van der Waals surface area contributed by atoms with Crippen molar-refractivity contribution in [1.82, 2.24) is 9.97 Å². The molecule has 0 atom stereocenters. The van der Waals surface area contributed by atoms with Gasteiger partial charge >= 0.3 is 0 Å². The number of aryl methyl sites for hydroxylation is 2. The third-order valence-electron chi connectivity index (χ3n) is 4.37. The molecule has 0 N–H and O–H groups in total. The largest absolute Gasteiger partial charge is 0.477 e. The molecule has 0 amide bonds. The summed E-state index contributed by atoms with van der Waals surface area (Å²) in [6.45, 7) is 15.3. The van der Waals surface area contributed by atoms with Crippen LogP contribution in [0.1, 0.15) is 64.5 Å². The summed E-state index contributed by atoms with van der Waals surface area (Å²) in [5, 5.41) is 0. The molecule has 156 valence electrons. The summed E-state index contributed by atoms with van der Waals surface area (Å²) < 4.78 is 5.47. The topological polar surface area (TPSA) is 38.2 Å². The minimum atomic E-state index is 0.757. The maximum Gasteiger partial charge on any atom is 0.213 e. The summed E-state index contributed by atoms with van der Waals surface area (Å²) in [4.78, 5) is 10.9. The van der Waals surface area contributed by atoms with Crippen molar-refractivity contribution < 1.29 is 4.74 Å². The Labute approximate surface area is 172 Å². The molecule has 1 saturated heterocycles. The van der Waals surface area contributed by atoms with Crippen molar-refractivity contribution in [2.24, 2.45) is 5.92 Å². The van der Waals surface area contributed by atoms with Gasteiger partial charge < -0.3 is 9.64 Å². The van der Waals surface area contributed by atoms with Gasteiger partial charge in [0.25, 0.3) is 0 Å². The summed E-state index contributed by atoms with van der Waals surface area (Å²) >= 11 is 0. The summed E-state index contributed by atoms with van der Waals surface area (Å²) in [7, 11) is 0. The van der Waals surface area contributed by atoms with Crippen LogP contribution in [0.2, 0.25) is 0 Å². The molecule has 2 aliphatic rings. The maximum atomic E-state index is 5.47. The smallest absolute Gasteiger partial charge is 0.213 e. The minimum Gasteiger partial charge on any atom is -0.477 e. The number of ether oxygens (including phenoxy) is 1. The molecule has 4 nitrogen and oxygen atoms in total. The summed E-state index contributed by atoms with van der Waals surface area (Å²) in [6, 6.07) is 8.19. The molecule has 0 bridgehead atoms. The second kappa shape index (κ2) is 14.0. The second-order valence-electron chi connectivity index (χ2n) is 6.82. The fourth-order valence-electron chi connectivity index (χ4n) is 2.62. The second-order valence-corrected chi connectivity index (χ2v) is 6.82. The lowest BCUT2D eigenvalue weighted by Gasteiger charge is -2.15. The van der Waals surface area contributed by atoms with Crippen LogP contribution in [0.3, 0.4) is 0 Å². The summed E-state index contributed by atoms with van der Waals surface area (Å²) in [5.74, 6) is 2.69. The van der Waals surface area contributed by atoms with E-state index in [1.54, 1.807) is 0 Å². The van der Waals surface area contributed by atoms with E-state index in [0.717, 1.165) is 24.2 Å². The van der Waals surface area contributed by atoms with E-state index < -0.39 is 0 Å². The fourth-order valence-corrected chi connectivity index (χ4v) is 2.62. The van der Waals surface area contributed by atoms with Crippen LogP contribution in [-0.2, 0) is 0 Å². The number of hydrogen-bond acceptors (Lipinski definition) is 4. The first-order chi connectivity index (χ1) is 13.7. The lowest BCUT2D eigenvalue weighted by molar-refractivity contribution is 0.288. The number of nitrogens with zero attached hydrogens (tertiary/aromatic N) is 3. The SMILES string of the molecule is CC.CC.Cc1ccc(N2CCCC2)nc1.Cc1ccc(OCC2CC2)nc1. The lowest BCUT2D eigenvalue weighted by Crippen LogP contribution is -2.18. The Morgan fingerprint density at radius 1 is 0.857 bits per heavy atom. The van der Waals surface area contributed by atoms with Crippen LogP contribution < -0.4 is 9.64 Å². The van der Waals surface area contributed by atoms with Gasteiger partial charge in [0, 0.05) is 31.5 Å². The first-order valence-corrected chi connectivity index (χ1v) is 10.9. The van der Waals surface area contributed by atoms with Crippen LogP contribution in [0.25, 0.3) is 0 Å². The first-order valence-electron chi connectivity index (χ1n) is 10.9. The molecule has 2 aromatic rings. The highest BCUT2D eigenvalue weighted by molar-refractivity contribution is 5.39. The molecule has 4 rings (SSSR count). The molecule has 0 aromatic carbocycles. The van der Waals surface area contributed by atoms with Crippen molar-refractivity contribution >= 4 is 5.82 Å². The number of pyridine rings is 2. The highest BCUT2D eigenvalue weighted by atomic mass is 16.5. The van der Waals surface area contributed by atoms with Crippen molar-refractivity contribution in [3.63, 3.8) is 0 Å². The Balaban J connectivity index is 0.000000238. The van der Waals surface area contributed by atoms with Gasteiger partial charge in [0.2, 0.25) is 5.88 Å². The fraction of sp³-hybridized carbons (Fsp3) is 0.583. The molecule has 2 fully saturated rings. The molecule has 0 radical (unpaired) electrons. The number of rotatable bonds is 4. The summed E-state index contributed by atoms with van der Waals surface area (Å²) in [5.41, 5.74) is 2.41. The van der Waals surface area contributed by atoms with Gasteiger partial charge in [-0.3, -0.25) is 0 Å². The molecular weight excluding hydrogens is 346 g/mol. The van der Waals surface area contributed by atoms with Crippen LogP contribution in [-0.4, -0.2) is 29.7 Å². The van der Waals surface area contributed by atoms with E-state index in [2.05, 4.69) is 33.9 Å². The number of anilines is 1. The van der Waals surface area contributed by atoms with Crippen molar-refractivity contribution in [3.05, 3.63) is 47.8 Å². The Kier molecular flexibility index (Phi) is 11.9. The van der Waals surface area contributed by atoms with E-state index in [1.165, 1.54) is 49.9 Å². The first kappa shape index (κ1) is 23.9.